The summed E-state index contributed by atoms with van der Waals surface area (Å²) in [5.41, 5.74) is 1.02. The third kappa shape index (κ3) is 3.72. The fraction of sp³-hybridized carbons (Fsp3) is 0.556. The zero-order valence-corrected chi connectivity index (χ0v) is 14.4. The summed E-state index contributed by atoms with van der Waals surface area (Å²) < 4.78 is 0. The third-order valence-corrected chi connectivity index (χ3v) is 4.68. The van der Waals surface area contributed by atoms with Gasteiger partial charge in [-0.05, 0) is 52.4 Å². The molecule has 1 aromatic heterocycles. The summed E-state index contributed by atoms with van der Waals surface area (Å²) in [7, 11) is 4.18. The van der Waals surface area contributed by atoms with Crippen LogP contribution in [0.1, 0.15) is 26.2 Å². The maximum Gasteiger partial charge on any atom is 0.225 e. The minimum Gasteiger partial charge on any atom is -0.356 e. The van der Waals surface area contributed by atoms with E-state index in [-0.39, 0.29) is 0 Å². The topological polar surface area (TPSA) is 44.3 Å². The van der Waals surface area contributed by atoms with Gasteiger partial charge in [0, 0.05) is 31.1 Å². The monoisotopic (exact) mass is 313 g/mol. The molecule has 2 aromatic rings. The highest BCUT2D eigenvalue weighted by atomic mass is 15.2. The van der Waals surface area contributed by atoms with E-state index >= 15 is 0 Å². The van der Waals surface area contributed by atoms with Crippen LogP contribution >= 0.6 is 0 Å². The Balaban J connectivity index is 1.90. The van der Waals surface area contributed by atoms with Crippen LogP contribution in [0.4, 0.5) is 11.8 Å². The summed E-state index contributed by atoms with van der Waals surface area (Å²) in [5.74, 6) is 1.81. The normalized spacial score (nSPS) is 16.8. The van der Waals surface area contributed by atoms with Crippen LogP contribution in [0.25, 0.3) is 10.9 Å². The molecule has 1 saturated heterocycles. The number of rotatable bonds is 5. The number of fused-ring (bicyclic) bond motifs is 1. The average Bonchev–Trinajstić information content (AvgIpc) is 2.59. The SMILES string of the molecule is CC(CNc1nc(N2CCCCC2)c2ccccc2n1)N(C)C. The summed E-state index contributed by atoms with van der Waals surface area (Å²) >= 11 is 0. The number of hydrogen-bond acceptors (Lipinski definition) is 5. The van der Waals surface area contributed by atoms with E-state index in [9.17, 15) is 0 Å². The number of piperidine rings is 1. The van der Waals surface area contributed by atoms with Crippen molar-refractivity contribution < 1.29 is 0 Å². The van der Waals surface area contributed by atoms with Gasteiger partial charge in [-0.1, -0.05) is 12.1 Å². The number of hydrogen-bond donors (Lipinski definition) is 1. The lowest BCUT2D eigenvalue weighted by Crippen LogP contribution is -2.33. The quantitative estimate of drug-likeness (QED) is 0.919. The van der Waals surface area contributed by atoms with Crippen LogP contribution < -0.4 is 10.2 Å². The molecule has 0 amide bonds. The van der Waals surface area contributed by atoms with Gasteiger partial charge in [0.25, 0.3) is 0 Å². The highest BCUT2D eigenvalue weighted by molar-refractivity contribution is 5.90. The van der Waals surface area contributed by atoms with E-state index in [2.05, 4.69) is 54.3 Å². The van der Waals surface area contributed by atoms with Crippen molar-refractivity contribution in [3.8, 4) is 0 Å². The van der Waals surface area contributed by atoms with Gasteiger partial charge in [-0.2, -0.15) is 4.98 Å². The zero-order valence-electron chi connectivity index (χ0n) is 14.4. The fourth-order valence-electron chi connectivity index (χ4n) is 2.91. The highest BCUT2D eigenvalue weighted by Gasteiger charge is 2.17. The molecule has 2 heterocycles. The second-order valence-electron chi connectivity index (χ2n) is 6.63. The molecule has 5 heteroatoms. The molecule has 23 heavy (non-hydrogen) atoms. The number of anilines is 2. The third-order valence-electron chi connectivity index (χ3n) is 4.68. The number of likely N-dealkylation sites (N-methyl/N-ethyl adjacent to an activating group) is 1. The van der Waals surface area contributed by atoms with E-state index in [1.54, 1.807) is 0 Å². The first kappa shape index (κ1) is 16.0. The predicted molar refractivity (Wildman–Crippen MR) is 97.2 cm³/mol. The summed E-state index contributed by atoms with van der Waals surface area (Å²) in [6.07, 6.45) is 3.82. The first-order chi connectivity index (χ1) is 11.1. The molecule has 1 fully saturated rings. The minimum atomic E-state index is 0.434. The summed E-state index contributed by atoms with van der Waals surface area (Å²) in [5, 5.41) is 4.56. The van der Waals surface area contributed by atoms with Gasteiger partial charge in [0.15, 0.2) is 0 Å². The molecule has 5 nitrogen and oxygen atoms in total. The number of para-hydroxylation sites is 1. The maximum absolute atomic E-state index is 4.84. The Morgan fingerprint density at radius 1 is 1.13 bits per heavy atom. The molecular formula is C18H27N5. The van der Waals surface area contributed by atoms with Crippen LogP contribution in [0.15, 0.2) is 24.3 Å². The van der Waals surface area contributed by atoms with Crippen molar-refractivity contribution in [1.82, 2.24) is 14.9 Å². The van der Waals surface area contributed by atoms with Gasteiger partial charge >= 0.3 is 0 Å². The first-order valence-electron chi connectivity index (χ1n) is 8.57. The van der Waals surface area contributed by atoms with Gasteiger partial charge in [0.1, 0.15) is 5.82 Å². The molecule has 3 rings (SSSR count). The Labute approximate surface area is 138 Å². The molecule has 1 N–H and O–H groups in total. The first-order valence-corrected chi connectivity index (χ1v) is 8.57. The fourth-order valence-corrected chi connectivity index (χ4v) is 2.91. The Bertz CT molecular complexity index is 649. The lowest BCUT2D eigenvalue weighted by molar-refractivity contribution is 0.326. The second kappa shape index (κ2) is 7.13. The van der Waals surface area contributed by atoms with Gasteiger partial charge in [-0.25, -0.2) is 4.98 Å². The van der Waals surface area contributed by atoms with E-state index < -0.39 is 0 Å². The largest absolute Gasteiger partial charge is 0.356 e. The van der Waals surface area contributed by atoms with Crippen LogP contribution in [0.2, 0.25) is 0 Å². The summed E-state index contributed by atoms with van der Waals surface area (Å²) in [6.45, 7) is 5.22. The van der Waals surface area contributed by atoms with Crippen molar-refractivity contribution in [3.05, 3.63) is 24.3 Å². The summed E-state index contributed by atoms with van der Waals surface area (Å²) in [4.78, 5) is 14.1. The van der Waals surface area contributed by atoms with E-state index in [0.29, 0.717) is 6.04 Å². The van der Waals surface area contributed by atoms with Crippen molar-refractivity contribution in [2.45, 2.75) is 32.2 Å². The molecule has 1 aliphatic rings. The van der Waals surface area contributed by atoms with Crippen LogP contribution in [0.5, 0.6) is 0 Å². The maximum atomic E-state index is 4.84. The van der Waals surface area contributed by atoms with Crippen molar-refractivity contribution in [2.24, 2.45) is 0 Å². The molecular weight excluding hydrogens is 286 g/mol. The predicted octanol–water partition coefficient (Wildman–Crippen LogP) is 2.98. The van der Waals surface area contributed by atoms with E-state index in [1.807, 2.05) is 6.07 Å². The lowest BCUT2D eigenvalue weighted by atomic mass is 10.1. The van der Waals surface area contributed by atoms with Crippen LogP contribution in [0, 0.1) is 0 Å². The van der Waals surface area contributed by atoms with Gasteiger partial charge in [0.2, 0.25) is 5.95 Å². The van der Waals surface area contributed by atoms with E-state index in [0.717, 1.165) is 42.3 Å². The highest BCUT2D eigenvalue weighted by Crippen LogP contribution is 2.27. The lowest BCUT2D eigenvalue weighted by Gasteiger charge is -2.29. The molecule has 124 valence electrons. The van der Waals surface area contributed by atoms with Crippen molar-refractivity contribution in [1.29, 1.82) is 0 Å². The van der Waals surface area contributed by atoms with Crippen LogP contribution in [0.3, 0.4) is 0 Å². The number of nitrogens with one attached hydrogen (secondary N) is 1. The number of benzene rings is 1. The van der Waals surface area contributed by atoms with Gasteiger partial charge in [-0.15, -0.1) is 0 Å². The molecule has 0 spiro atoms. The van der Waals surface area contributed by atoms with Gasteiger partial charge < -0.3 is 15.1 Å². The van der Waals surface area contributed by atoms with Gasteiger partial charge in [-0.3, -0.25) is 0 Å². The Morgan fingerprint density at radius 2 is 1.87 bits per heavy atom. The molecule has 1 atom stereocenters. The number of nitrogens with zero attached hydrogens (tertiary/aromatic N) is 4. The molecule has 1 unspecified atom stereocenters. The molecule has 0 saturated carbocycles. The zero-order chi connectivity index (χ0) is 16.2. The molecule has 0 bridgehead atoms. The Hall–Kier alpha value is -1.88. The van der Waals surface area contributed by atoms with E-state index in [4.69, 9.17) is 9.97 Å². The average molecular weight is 313 g/mol. The Morgan fingerprint density at radius 3 is 2.61 bits per heavy atom. The molecule has 0 aliphatic carbocycles. The van der Waals surface area contributed by atoms with Crippen LogP contribution in [-0.4, -0.2) is 54.6 Å². The molecule has 1 aliphatic heterocycles. The van der Waals surface area contributed by atoms with E-state index in [1.165, 1.54) is 19.3 Å². The van der Waals surface area contributed by atoms with Crippen molar-refractivity contribution in [3.63, 3.8) is 0 Å². The molecule has 0 radical (unpaired) electrons. The summed E-state index contributed by atoms with van der Waals surface area (Å²) in [6, 6.07) is 8.75. The van der Waals surface area contributed by atoms with Crippen molar-refractivity contribution in [2.75, 3.05) is 43.9 Å². The number of aromatic nitrogens is 2. The standard InChI is InChI=1S/C18H27N5/c1-14(22(2)3)13-19-18-20-16-10-6-5-9-15(16)17(21-18)23-11-7-4-8-12-23/h5-6,9-10,14H,4,7-8,11-13H2,1-3H3,(H,19,20,21). The minimum absolute atomic E-state index is 0.434. The smallest absolute Gasteiger partial charge is 0.225 e. The molecule has 1 aromatic carbocycles. The van der Waals surface area contributed by atoms with Gasteiger partial charge in [0.05, 0.1) is 5.52 Å². The Kier molecular flexibility index (Phi) is 4.96. The van der Waals surface area contributed by atoms with Crippen molar-refractivity contribution >= 4 is 22.7 Å². The van der Waals surface area contributed by atoms with Crippen LogP contribution in [-0.2, 0) is 0 Å². The second-order valence-corrected chi connectivity index (χ2v) is 6.63.